The van der Waals surface area contributed by atoms with Gasteiger partial charge < -0.3 is 15.9 Å². The van der Waals surface area contributed by atoms with Crippen molar-refractivity contribution in [2.45, 2.75) is 25.0 Å². The van der Waals surface area contributed by atoms with Crippen molar-refractivity contribution in [1.82, 2.24) is 2.95 Å². The van der Waals surface area contributed by atoms with Gasteiger partial charge in [-0.15, -0.1) is 2.95 Å². The van der Waals surface area contributed by atoms with Gasteiger partial charge in [-0.2, -0.15) is 0 Å². The molecule has 1 atom stereocenters. The van der Waals surface area contributed by atoms with Crippen LogP contribution in [0.3, 0.4) is 0 Å². The first-order valence-electron chi connectivity index (χ1n) is 3.72. The molecule has 0 aromatic rings. The van der Waals surface area contributed by atoms with Gasteiger partial charge in [-0.05, 0) is 19.4 Å². The summed E-state index contributed by atoms with van der Waals surface area (Å²) in [6.07, 6.45) is 1.34. The second-order valence-electron chi connectivity index (χ2n) is 2.60. The molecule has 0 spiro atoms. The van der Waals surface area contributed by atoms with Crippen molar-refractivity contribution < 1.29 is 15.0 Å². The number of nitrogens with two attached hydrogens (primary N) is 1. The standard InChI is InChI=1S/C6H12Br2N2O3/c7-10(8)6(13,5(11)12)3-1-2-4-9/h13H,1-4,9H2,(H,11,12). The van der Waals surface area contributed by atoms with E-state index in [0.29, 0.717) is 19.4 Å². The summed E-state index contributed by atoms with van der Waals surface area (Å²) in [7, 11) is 0. The van der Waals surface area contributed by atoms with Crippen molar-refractivity contribution in [3.05, 3.63) is 0 Å². The lowest BCUT2D eigenvalue weighted by Crippen LogP contribution is -2.46. The number of halogens is 2. The largest absolute Gasteiger partial charge is 0.478 e. The zero-order valence-electron chi connectivity index (χ0n) is 6.91. The van der Waals surface area contributed by atoms with Crippen LogP contribution in [0.15, 0.2) is 0 Å². The molecule has 0 fully saturated rings. The van der Waals surface area contributed by atoms with E-state index >= 15 is 0 Å². The highest BCUT2D eigenvalue weighted by Gasteiger charge is 2.40. The van der Waals surface area contributed by atoms with Crippen LogP contribution >= 0.6 is 32.3 Å². The molecule has 0 aromatic carbocycles. The zero-order chi connectivity index (χ0) is 10.5. The Morgan fingerprint density at radius 1 is 1.46 bits per heavy atom. The van der Waals surface area contributed by atoms with E-state index in [1.54, 1.807) is 0 Å². The van der Waals surface area contributed by atoms with E-state index in [4.69, 9.17) is 10.8 Å². The normalized spacial score (nSPS) is 15.8. The number of carboxylic acids is 1. The first kappa shape index (κ1) is 13.3. The molecule has 0 amide bonds. The fourth-order valence-electron chi connectivity index (χ4n) is 0.780. The third-order valence-electron chi connectivity index (χ3n) is 1.60. The summed E-state index contributed by atoms with van der Waals surface area (Å²) in [4.78, 5) is 10.7. The first-order valence-corrected chi connectivity index (χ1v) is 5.14. The van der Waals surface area contributed by atoms with Crippen molar-refractivity contribution in [1.29, 1.82) is 0 Å². The van der Waals surface area contributed by atoms with Gasteiger partial charge in [0, 0.05) is 38.7 Å². The Labute approximate surface area is 93.6 Å². The fourth-order valence-corrected chi connectivity index (χ4v) is 1.44. The number of carboxylic acid groups (broad SMARTS) is 1. The van der Waals surface area contributed by atoms with Gasteiger partial charge >= 0.3 is 5.97 Å². The van der Waals surface area contributed by atoms with Gasteiger partial charge in [0.1, 0.15) is 0 Å². The van der Waals surface area contributed by atoms with E-state index in [-0.39, 0.29) is 6.42 Å². The van der Waals surface area contributed by atoms with Crippen molar-refractivity contribution in [3.63, 3.8) is 0 Å². The molecule has 78 valence electrons. The molecule has 7 heteroatoms. The number of aliphatic hydroxyl groups is 1. The van der Waals surface area contributed by atoms with Gasteiger partial charge in [0.05, 0.1) is 0 Å². The molecule has 0 heterocycles. The quantitative estimate of drug-likeness (QED) is 0.383. The minimum Gasteiger partial charge on any atom is -0.478 e. The van der Waals surface area contributed by atoms with Crippen LogP contribution in [0.1, 0.15) is 19.3 Å². The maximum atomic E-state index is 10.7. The molecule has 5 nitrogen and oxygen atoms in total. The lowest BCUT2D eigenvalue weighted by molar-refractivity contribution is -0.165. The molecule has 13 heavy (non-hydrogen) atoms. The Morgan fingerprint density at radius 2 is 2.00 bits per heavy atom. The van der Waals surface area contributed by atoms with Crippen molar-refractivity contribution >= 4 is 38.3 Å². The van der Waals surface area contributed by atoms with Crippen LogP contribution in [0.2, 0.25) is 0 Å². The third kappa shape index (κ3) is 3.90. The fraction of sp³-hybridized carbons (Fsp3) is 0.833. The Balaban J connectivity index is 4.17. The van der Waals surface area contributed by atoms with Crippen LogP contribution in [0.4, 0.5) is 0 Å². The predicted molar refractivity (Wildman–Crippen MR) is 55.2 cm³/mol. The molecule has 0 saturated heterocycles. The minimum atomic E-state index is -1.92. The summed E-state index contributed by atoms with van der Waals surface area (Å²) in [5.41, 5.74) is 3.32. The summed E-state index contributed by atoms with van der Waals surface area (Å²) in [5, 5.41) is 18.3. The van der Waals surface area contributed by atoms with Crippen LogP contribution in [-0.4, -0.2) is 31.4 Å². The molecular formula is C6H12Br2N2O3. The molecule has 0 radical (unpaired) electrons. The van der Waals surface area contributed by atoms with E-state index < -0.39 is 11.7 Å². The van der Waals surface area contributed by atoms with Crippen LogP contribution in [0.25, 0.3) is 0 Å². The van der Waals surface area contributed by atoms with Gasteiger partial charge in [-0.3, -0.25) is 0 Å². The Kier molecular flexibility index (Phi) is 6.06. The number of hydrogen-bond donors (Lipinski definition) is 3. The van der Waals surface area contributed by atoms with Gasteiger partial charge in [-0.1, -0.05) is 0 Å². The number of rotatable bonds is 6. The summed E-state index contributed by atoms with van der Waals surface area (Å²) in [6, 6.07) is 0. The molecule has 0 aliphatic carbocycles. The van der Waals surface area contributed by atoms with E-state index in [2.05, 4.69) is 32.3 Å². The number of nitrogens with zero attached hydrogens (tertiary/aromatic N) is 1. The van der Waals surface area contributed by atoms with Crippen LogP contribution < -0.4 is 5.73 Å². The van der Waals surface area contributed by atoms with Gasteiger partial charge in [0.15, 0.2) is 0 Å². The second kappa shape index (κ2) is 5.92. The number of unbranched alkanes of at least 4 members (excludes halogenated alkanes) is 1. The van der Waals surface area contributed by atoms with E-state index in [9.17, 15) is 9.90 Å². The molecule has 0 bridgehead atoms. The second-order valence-corrected chi connectivity index (χ2v) is 4.97. The van der Waals surface area contributed by atoms with E-state index in [1.165, 1.54) is 0 Å². The summed E-state index contributed by atoms with van der Waals surface area (Å²) in [6.45, 7) is 0.486. The average Bonchev–Trinajstić information content (AvgIpc) is 2.03. The smallest absolute Gasteiger partial charge is 0.353 e. The highest BCUT2D eigenvalue weighted by Crippen LogP contribution is 2.26. The molecule has 0 saturated carbocycles. The number of carbonyl (C=O) groups is 1. The highest BCUT2D eigenvalue weighted by molar-refractivity contribution is 9.21. The van der Waals surface area contributed by atoms with E-state index in [0.717, 1.165) is 2.95 Å². The third-order valence-corrected chi connectivity index (χ3v) is 2.78. The molecule has 0 rings (SSSR count). The average molecular weight is 320 g/mol. The van der Waals surface area contributed by atoms with Crippen molar-refractivity contribution in [2.75, 3.05) is 6.54 Å². The minimum absolute atomic E-state index is 0.107. The summed E-state index contributed by atoms with van der Waals surface area (Å²) in [5.74, 6) is -1.31. The SMILES string of the molecule is NCCCCC(O)(C(=O)O)N(Br)Br. The van der Waals surface area contributed by atoms with Crippen LogP contribution in [0, 0.1) is 0 Å². The maximum absolute atomic E-state index is 10.7. The molecule has 0 aliphatic rings. The topological polar surface area (TPSA) is 86.8 Å². The number of hydrogen-bond acceptors (Lipinski definition) is 4. The molecule has 0 aliphatic heterocycles. The van der Waals surface area contributed by atoms with E-state index in [1.807, 2.05) is 0 Å². The van der Waals surface area contributed by atoms with Crippen molar-refractivity contribution in [3.8, 4) is 0 Å². The van der Waals surface area contributed by atoms with Gasteiger partial charge in [0.2, 0.25) is 5.72 Å². The van der Waals surface area contributed by atoms with Gasteiger partial charge in [-0.25, -0.2) is 4.79 Å². The van der Waals surface area contributed by atoms with Gasteiger partial charge in [0.25, 0.3) is 0 Å². The summed E-state index contributed by atoms with van der Waals surface area (Å²) < 4.78 is 0.922. The predicted octanol–water partition coefficient (Wildman–Crippen LogP) is 0.810. The Bertz CT molecular complexity index is 179. The maximum Gasteiger partial charge on any atom is 0.353 e. The van der Waals surface area contributed by atoms with Crippen molar-refractivity contribution in [2.24, 2.45) is 5.73 Å². The van der Waals surface area contributed by atoms with Crippen LogP contribution in [0.5, 0.6) is 0 Å². The highest BCUT2D eigenvalue weighted by atomic mass is 79.9. The lowest BCUT2D eigenvalue weighted by atomic mass is 10.1. The molecule has 1 unspecified atom stereocenters. The summed E-state index contributed by atoms with van der Waals surface area (Å²) >= 11 is 5.68. The first-order chi connectivity index (χ1) is 5.95. The molecule has 0 aromatic heterocycles. The van der Waals surface area contributed by atoms with Crippen LogP contribution in [-0.2, 0) is 4.79 Å². The molecular weight excluding hydrogens is 308 g/mol. The number of aliphatic carboxylic acids is 1. The zero-order valence-corrected chi connectivity index (χ0v) is 10.1. The lowest BCUT2D eigenvalue weighted by Gasteiger charge is -2.26. The Morgan fingerprint density at radius 3 is 2.31 bits per heavy atom. The monoisotopic (exact) mass is 318 g/mol. The Hall–Kier alpha value is 0.310. The molecule has 4 N–H and O–H groups in total.